The van der Waals surface area contributed by atoms with Crippen LogP contribution in [0.2, 0.25) is 0 Å². The second kappa shape index (κ2) is 3.55. The highest BCUT2D eigenvalue weighted by atomic mass is 16.5. The van der Waals surface area contributed by atoms with Crippen molar-refractivity contribution in [3.05, 3.63) is 0 Å². The standard InChI is InChI=1S/C7H12N2O/c8-3-7(9)2-1-6-4-10-5-6/h6-7H,1-2,4-5,9H2. The topological polar surface area (TPSA) is 59.0 Å². The van der Waals surface area contributed by atoms with Gasteiger partial charge in [-0.05, 0) is 12.8 Å². The molecule has 3 heteroatoms. The molecule has 1 saturated heterocycles. The highest BCUT2D eigenvalue weighted by Crippen LogP contribution is 2.16. The maximum absolute atomic E-state index is 8.33. The maximum atomic E-state index is 8.33. The van der Waals surface area contributed by atoms with Crippen molar-refractivity contribution in [3.63, 3.8) is 0 Å². The minimum absolute atomic E-state index is 0.277. The second-order valence-electron chi connectivity index (χ2n) is 2.72. The Labute approximate surface area is 60.8 Å². The zero-order valence-electron chi connectivity index (χ0n) is 5.92. The Morgan fingerprint density at radius 2 is 2.40 bits per heavy atom. The Balaban J connectivity index is 1.99. The lowest BCUT2D eigenvalue weighted by atomic mass is 9.99. The first-order valence-electron chi connectivity index (χ1n) is 3.56. The van der Waals surface area contributed by atoms with Gasteiger partial charge in [0, 0.05) is 5.92 Å². The summed E-state index contributed by atoms with van der Waals surface area (Å²) in [6.07, 6.45) is 1.85. The first kappa shape index (κ1) is 7.52. The Morgan fingerprint density at radius 1 is 1.70 bits per heavy atom. The van der Waals surface area contributed by atoms with Gasteiger partial charge in [-0.3, -0.25) is 0 Å². The van der Waals surface area contributed by atoms with E-state index in [2.05, 4.69) is 0 Å². The van der Waals surface area contributed by atoms with Gasteiger partial charge in [0.15, 0.2) is 0 Å². The summed E-state index contributed by atoms with van der Waals surface area (Å²) in [5.74, 6) is 0.666. The van der Waals surface area contributed by atoms with Gasteiger partial charge in [0.1, 0.15) is 0 Å². The third-order valence-electron chi connectivity index (χ3n) is 1.76. The summed E-state index contributed by atoms with van der Waals surface area (Å²) in [6.45, 7) is 1.72. The number of hydrogen-bond acceptors (Lipinski definition) is 3. The molecule has 3 nitrogen and oxygen atoms in total. The van der Waals surface area contributed by atoms with Crippen molar-refractivity contribution in [3.8, 4) is 6.07 Å². The highest BCUT2D eigenvalue weighted by molar-refractivity contribution is 4.86. The zero-order chi connectivity index (χ0) is 7.40. The largest absolute Gasteiger partial charge is 0.381 e. The molecule has 10 heavy (non-hydrogen) atoms. The lowest BCUT2D eigenvalue weighted by Gasteiger charge is -2.25. The third kappa shape index (κ3) is 1.98. The average molecular weight is 140 g/mol. The molecule has 1 aliphatic heterocycles. The molecule has 0 aromatic heterocycles. The lowest BCUT2D eigenvalue weighted by molar-refractivity contribution is -0.0364. The van der Waals surface area contributed by atoms with E-state index in [1.807, 2.05) is 6.07 Å². The molecule has 0 spiro atoms. The maximum Gasteiger partial charge on any atom is 0.0928 e. The minimum Gasteiger partial charge on any atom is -0.381 e. The smallest absolute Gasteiger partial charge is 0.0928 e. The number of rotatable bonds is 3. The second-order valence-corrected chi connectivity index (χ2v) is 2.72. The molecule has 1 fully saturated rings. The molecular weight excluding hydrogens is 128 g/mol. The number of hydrogen-bond donors (Lipinski definition) is 1. The molecule has 1 rings (SSSR count). The Kier molecular flexibility index (Phi) is 2.67. The fourth-order valence-electron chi connectivity index (χ4n) is 0.931. The molecule has 0 amide bonds. The van der Waals surface area contributed by atoms with Crippen LogP contribution in [-0.4, -0.2) is 19.3 Å². The van der Waals surface area contributed by atoms with E-state index in [1.165, 1.54) is 0 Å². The van der Waals surface area contributed by atoms with Gasteiger partial charge in [0.05, 0.1) is 25.3 Å². The van der Waals surface area contributed by atoms with Crippen LogP contribution in [0.3, 0.4) is 0 Å². The van der Waals surface area contributed by atoms with Gasteiger partial charge in [-0.15, -0.1) is 0 Å². The van der Waals surface area contributed by atoms with E-state index in [4.69, 9.17) is 15.7 Å². The van der Waals surface area contributed by atoms with Crippen LogP contribution in [0.1, 0.15) is 12.8 Å². The number of nitrogens with two attached hydrogens (primary N) is 1. The molecule has 56 valence electrons. The third-order valence-corrected chi connectivity index (χ3v) is 1.76. The molecule has 0 aliphatic carbocycles. The van der Waals surface area contributed by atoms with Crippen LogP contribution in [0.25, 0.3) is 0 Å². The van der Waals surface area contributed by atoms with Crippen LogP contribution in [0.4, 0.5) is 0 Å². The Hall–Kier alpha value is -0.590. The van der Waals surface area contributed by atoms with Gasteiger partial charge in [-0.25, -0.2) is 0 Å². The molecule has 1 unspecified atom stereocenters. The van der Waals surface area contributed by atoms with E-state index in [9.17, 15) is 0 Å². The minimum atomic E-state index is -0.277. The van der Waals surface area contributed by atoms with E-state index in [1.54, 1.807) is 0 Å². The fourth-order valence-corrected chi connectivity index (χ4v) is 0.931. The van der Waals surface area contributed by atoms with Gasteiger partial charge in [-0.1, -0.05) is 0 Å². The summed E-state index contributed by atoms with van der Waals surface area (Å²) in [6, 6.07) is 1.73. The molecular formula is C7H12N2O. The number of nitrogens with zero attached hydrogens (tertiary/aromatic N) is 1. The first-order valence-corrected chi connectivity index (χ1v) is 3.56. The first-order chi connectivity index (χ1) is 4.83. The van der Waals surface area contributed by atoms with E-state index in [0.29, 0.717) is 5.92 Å². The van der Waals surface area contributed by atoms with E-state index in [0.717, 1.165) is 26.1 Å². The highest BCUT2D eigenvalue weighted by Gasteiger charge is 2.18. The lowest BCUT2D eigenvalue weighted by Crippen LogP contribution is -2.29. The molecule has 0 saturated carbocycles. The molecule has 1 heterocycles. The molecule has 0 aromatic rings. The van der Waals surface area contributed by atoms with Crippen LogP contribution in [0, 0.1) is 17.2 Å². The summed E-state index contributed by atoms with van der Waals surface area (Å²) in [5, 5.41) is 8.33. The zero-order valence-corrected chi connectivity index (χ0v) is 5.92. The predicted molar refractivity (Wildman–Crippen MR) is 37.1 cm³/mol. The fraction of sp³-hybridized carbons (Fsp3) is 0.857. The Morgan fingerprint density at radius 3 is 2.80 bits per heavy atom. The predicted octanol–water partition coefficient (Wildman–Crippen LogP) is 0.264. The van der Waals surface area contributed by atoms with E-state index in [-0.39, 0.29) is 6.04 Å². The normalized spacial score (nSPS) is 21.2. The van der Waals surface area contributed by atoms with Gasteiger partial charge in [-0.2, -0.15) is 5.26 Å². The molecule has 0 radical (unpaired) electrons. The van der Waals surface area contributed by atoms with Gasteiger partial charge in [0.25, 0.3) is 0 Å². The summed E-state index contributed by atoms with van der Waals surface area (Å²) in [4.78, 5) is 0. The number of ether oxygens (including phenoxy) is 1. The van der Waals surface area contributed by atoms with Crippen molar-refractivity contribution >= 4 is 0 Å². The van der Waals surface area contributed by atoms with Crippen molar-refractivity contribution in [2.45, 2.75) is 18.9 Å². The Bertz CT molecular complexity index is 137. The molecule has 0 bridgehead atoms. The van der Waals surface area contributed by atoms with Crippen molar-refractivity contribution in [2.75, 3.05) is 13.2 Å². The summed E-state index contributed by atoms with van der Waals surface area (Å²) in [7, 11) is 0. The monoisotopic (exact) mass is 140 g/mol. The van der Waals surface area contributed by atoms with Gasteiger partial charge >= 0.3 is 0 Å². The van der Waals surface area contributed by atoms with Crippen molar-refractivity contribution in [1.29, 1.82) is 5.26 Å². The molecule has 1 atom stereocenters. The van der Waals surface area contributed by atoms with Crippen LogP contribution >= 0.6 is 0 Å². The van der Waals surface area contributed by atoms with Crippen molar-refractivity contribution in [1.82, 2.24) is 0 Å². The summed E-state index contributed by atoms with van der Waals surface area (Å²) in [5.41, 5.74) is 5.40. The SMILES string of the molecule is N#CC(N)CCC1COC1. The average Bonchev–Trinajstić information content (AvgIpc) is 1.84. The van der Waals surface area contributed by atoms with E-state index < -0.39 is 0 Å². The van der Waals surface area contributed by atoms with Crippen LogP contribution in [0.15, 0.2) is 0 Å². The van der Waals surface area contributed by atoms with E-state index >= 15 is 0 Å². The summed E-state index contributed by atoms with van der Waals surface area (Å²) < 4.78 is 4.98. The summed E-state index contributed by atoms with van der Waals surface area (Å²) >= 11 is 0. The van der Waals surface area contributed by atoms with Crippen molar-refractivity contribution in [2.24, 2.45) is 11.7 Å². The molecule has 1 aliphatic rings. The van der Waals surface area contributed by atoms with Crippen LogP contribution in [0.5, 0.6) is 0 Å². The quantitative estimate of drug-likeness (QED) is 0.612. The van der Waals surface area contributed by atoms with Gasteiger partial charge in [0.2, 0.25) is 0 Å². The van der Waals surface area contributed by atoms with Crippen molar-refractivity contribution < 1.29 is 4.74 Å². The van der Waals surface area contributed by atoms with Gasteiger partial charge < -0.3 is 10.5 Å². The van der Waals surface area contributed by atoms with Crippen LogP contribution < -0.4 is 5.73 Å². The number of nitriles is 1. The molecule has 2 N–H and O–H groups in total. The molecule has 0 aromatic carbocycles. The van der Waals surface area contributed by atoms with Crippen LogP contribution in [-0.2, 0) is 4.74 Å².